The molecular weight excluding hydrogens is 248 g/mol. The highest BCUT2D eigenvalue weighted by Crippen LogP contribution is 2.33. The Morgan fingerprint density at radius 2 is 1.80 bits per heavy atom. The predicted octanol–water partition coefficient (Wildman–Crippen LogP) is 4.32. The van der Waals surface area contributed by atoms with E-state index in [1.807, 2.05) is 4.68 Å². The highest BCUT2D eigenvalue weighted by atomic mass is 16.3. The van der Waals surface area contributed by atoms with Crippen molar-refractivity contribution in [2.24, 2.45) is 0 Å². The molecule has 0 saturated heterocycles. The normalized spacial score (nSPS) is 10.9. The zero-order valence-corrected chi connectivity index (χ0v) is 12.7. The molecule has 0 unspecified atom stereocenters. The van der Waals surface area contributed by atoms with Crippen LogP contribution in [0.1, 0.15) is 44.4 Å². The molecule has 0 fully saturated rings. The van der Waals surface area contributed by atoms with E-state index in [4.69, 9.17) is 0 Å². The van der Waals surface area contributed by atoms with Crippen molar-refractivity contribution in [2.45, 2.75) is 53.0 Å². The van der Waals surface area contributed by atoms with Gasteiger partial charge in [-0.15, -0.1) is 5.10 Å². The Morgan fingerprint density at radius 3 is 2.40 bits per heavy atom. The summed E-state index contributed by atoms with van der Waals surface area (Å²) in [5.41, 5.74) is 4.35. The van der Waals surface area contributed by atoms with Crippen molar-refractivity contribution in [1.82, 2.24) is 9.78 Å². The van der Waals surface area contributed by atoms with E-state index in [0.29, 0.717) is 0 Å². The second-order valence-corrected chi connectivity index (χ2v) is 5.34. The minimum absolute atomic E-state index is 0.161. The maximum atomic E-state index is 10.2. The molecule has 0 amide bonds. The van der Waals surface area contributed by atoms with Crippen LogP contribution in [0.2, 0.25) is 0 Å². The number of aromatic nitrogens is 2. The first-order valence-corrected chi connectivity index (χ1v) is 7.53. The summed E-state index contributed by atoms with van der Waals surface area (Å²) in [6.45, 7) is 7.25. The van der Waals surface area contributed by atoms with Crippen LogP contribution in [0.25, 0.3) is 11.1 Å². The highest BCUT2D eigenvalue weighted by molar-refractivity contribution is 5.71. The van der Waals surface area contributed by atoms with Gasteiger partial charge in [0, 0.05) is 6.54 Å². The molecule has 3 nitrogen and oxygen atoms in total. The van der Waals surface area contributed by atoms with Crippen LogP contribution in [0, 0.1) is 6.92 Å². The lowest BCUT2D eigenvalue weighted by molar-refractivity contribution is 0.436. The van der Waals surface area contributed by atoms with Crippen molar-refractivity contribution in [2.75, 3.05) is 0 Å². The summed E-state index contributed by atoms with van der Waals surface area (Å²) in [5, 5.41) is 14.6. The smallest absolute Gasteiger partial charge is 0.238 e. The van der Waals surface area contributed by atoms with E-state index >= 15 is 0 Å². The molecule has 0 radical (unpaired) electrons. The Kier molecular flexibility index (Phi) is 4.83. The first-order valence-electron chi connectivity index (χ1n) is 7.53. The van der Waals surface area contributed by atoms with Crippen molar-refractivity contribution in [3.8, 4) is 17.0 Å². The van der Waals surface area contributed by atoms with Gasteiger partial charge in [-0.3, -0.25) is 4.68 Å². The number of aryl methyl sites for hydroxylation is 2. The van der Waals surface area contributed by atoms with Gasteiger partial charge < -0.3 is 5.11 Å². The van der Waals surface area contributed by atoms with Crippen molar-refractivity contribution in [3.05, 3.63) is 35.5 Å². The summed E-state index contributed by atoms with van der Waals surface area (Å²) in [6.07, 6.45) is 4.25. The Hall–Kier alpha value is -1.77. The van der Waals surface area contributed by atoms with Gasteiger partial charge in [-0.05, 0) is 31.7 Å². The Balaban J connectivity index is 2.46. The van der Waals surface area contributed by atoms with Crippen LogP contribution in [0.5, 0.6) is 5.88 Å². The van der Waals surface area contributed by atoms with Gasteiger partial charge in [-0.1, -0.05) is 50.1 Å². The fraction of sp³-hybridized carbons (Fsp3) is 0.471. The molecule has 0 atom stereocenters. The fourth-order valence-corrected chi connectivity index (χ4v) is 2.49. The van der Waals surface area contributed by atoms with Crippen molar-refractivity contribution < 1.29 is 5.11 Å². The van der Waals surface area contributed by atoms with Crippen molar-refractivity contribution in [1.29, 1.82) is 0 Å². The second kappa shape index (κ2) is 6.60. The third kappa shape index (κ3) is 3.03. The van der Waals surface area contributed by atoms with Crippen LogP contribution in [-0.2, 0) is 13.0 Å². The summed E-state index contributed by atoms with van der Waals surface area (Å²) < 4.78 is 1.97. The van der Waals surface area contributed by atoms with E-state index in [1.165, 1.54) is 5.56 Å². The molecule has 1 aromatic carbocycles. The number of benzene rings is 1. The van der Waals surface area contributed by atoms with Gasteiger partial charge in [0.2, 0.25) is 5.88 Å². The van der Waals surface area contributed by atoms with E-state index in [9.17, 15) is 5.11 Å². The zero-order valence-electron chi connectivity index (χ0n) is 12.7. The molecule has 2 aromatic rings. The van der Waals surface area contributed by atoms with Crippen LogP contribution in [-0.4, -0.2) is 14.9 Å². The quantitative estimate of drug-likeness (QED) is 0.850. The van der Waals surface area contributed by atoms with E-state index in [0.717, 1.165) is 49.0 Å². The monoisotopic (exact) mass is 272 g/mol. The molecule has 108 valence electrons. The van der Waals surface area contributed by atoms with Crippen molar-refractivity contribution >= 4 is 0 Å². The number of hydrogen-bond acceptors (Lipinski definition) is 2. The lowest BCUT2D eigenvalue weighted by Gasteiger charge is -2.08. The van der Waals surface area contributed by atoms with E-state index in [1.54, 1.807) is 0 Å². The van der Waals surface area contributed by atoms with Gasteiger partial charge in [0.05, 0.1) is 11.3 Å². The molecule has 2 rings (SSSR count). The lowest BCUT2D eigenvalue weighted by Crippen LogP contribution is -2.05. The second-order valence-electron chi connectivity index (χ2n) is 5.34. The van der Waals surface area contributed by atoms with Crippen LogP contribution in [0.4, 0.5) is 0 Å². The molecule has 0 aliphatic heterocycles. The molecule has 1 N–H and O–H groups in total. The van der Waals surface area contributed by atoms with E-state index in [2.05, 4.69) is 50.1 Å². The van der Waals surface area contributed by atoms with Gasteiger partial charge in [0.25, 0.3) is 0 Å². The van der Waals surface area contributed by atoms with Gasteiger partial charge in [0.1, 0.15) is 0 Å². The molecule has 0 spiro atoms. The third-order valence-corrected chi connectivity index (χ3v) is 3.58. The molecule has 1 heterocycles. The molecule has 0 aliphatic carbocycles. The van der Waals surface area contributed by atoms with Crippen LogP contribution < -0.4 is 0 Å². The highest BCUT2D eigenvalue weighted by Gasteiger charge is 2.18. The summed E-state index contributed by atoms with van der Waals surface area (Å²) in [7, 11) is 0. The largest absolute Gasteiger partial charge is 0.492 e. The Bertz CT molecular complexity index is 555. The van der Waals surface area contributed by atoms with Crippen LogP contribution >= 0.6 is 0 Å². The fourth-order valence-electron chi connectivity index (χ4n) is 2.49. The van der Waals surface area contributed by atoms with Gasteiger partial charge in [-0.25, -0.2) is 0 Å². The molecular formula is C17H24N2O. The number of unbranched alkanes of at least 4 members (excludes halogenated alkanes) is 1. The van der Waals surface area contributed by atoms with Gasteiger partial charge in [-0.2, -0.15) is 0 Å². The number of hydrogen-bond donors (Lipinski definition) is 1. The average Bonchev–Trinajstić information content (AvgIpc) is 2.74. The summed E-state index contributed by atoms with van der Waals surface area (Å²) in [6, 6.07) is 8.29. The number of aromatic hydroxyl groups is 1. The topological polar surface area (TPSA) is 38.1 Å². The standard InChI is InChI=1S/C17H24N2O/c1-4-6-7-15-16(14-10-8-13(3)9-11-14)17(20)18-19(15)12-5-2/h8-11H,4-7,12H2,1-3H3,(H,18,20). The number of rotatable bonds is 6. The van der Waals surface area contributed by atoms with Gasteiger partial charge >= 0.3 is 0 Å². The molecule has 0 bridgehead atoms. The maximum Gasteiger partial charge on any atom is 0.238 e. The number of nitrogens with zero attached hydrogens (tertiary/aromatic N) is 2. The zero-order chi connectivity index (χ0) is 14.5. The van der Waals surface area contributed by atoms with Crippen molar-refractivity contribution in [3.63, 3.8) is 0 Å². The summed E-state index contributed by atoms with van der Waals surface area (Å²) >= 11 is 0. The predicted molar refractivity (Wildman–Crippen MR) is 83.0 cm³/mol. The summed E-state index contributed by atoms with van der Waals surface area (Å²) in [4.78, 5) is 0. The average molecular weight is 272 g/mol. The molecule has 0 saturated carbocycles. The molecule has 20 heavy (non-hydrogen) atoms. The third-order valence-electron chi connectivity index (χ3n) is 3.58. The molecule has 1 aromatic heterocycles. The minimum Gasteiger partial charge on any atom is -0.492 e. The van der Waals surface area contributed by atoms with E-state index in [-0.39, 0.29) is 5.88 Å². The summed E-state index contributed by atoms with van der Waals surface area (Å²) in [5.74, 6) is 0.161. The van der Waals surface area contributed by atoms with Gasteiger partial charge in [0.15, 0.2) is 0 Å². The lowest BCUT2D eigenvalue weighted by atomic mass is 10.0. The van der Waals surface area contributed by atoms with Crippen LogP contribution in [0.15, 0.2) is 24.3 Å². The molecule has 3 heteroatoms. The first-order chi connectivity index (χ1) is 9.67. The first kappa shape index (κ1) is 14.6. The SMILES string of the molecule is CCCCc1c(-c2ccc(C)cc2)c(O)nn1CCC. The van der Waals surface area contributed by atoms with Crippen LogP contribution in [0.3, 0.4) is 0 Å². The molecule has 0 aliphatic rings. The Morgan fingerprint density at radius 1 is 1.10 bits per heavy atom. The van der Waals surface area contributed by atoms with E-state index < -0.39 is 0 Å². The Labute approximate surface area is 121 Å². The minimum atomic E-state index is 0.161. The maximum absolute atomic E-state index is 10.2.